The monoisotopic (exact) mass is 171 g/mol. The van der Waals surface area contributed by atoms with Crippen LogP contribution in [-0.2, 0) is 0 Å². The van der Waals surface area contributed by atoms with Crippen LogP contribution in [0, 0.1) is 0 Å². The van der Waals surface area contributed by atoms with Crippen molar-refractivity contribution in [2.75, 3.05) is 0 Å². The van der Waals surface area contributed by atoms with E-state index in [1.807, 2.05) is 18.2 Å². The summed E-state index contributed by atoms with van der Waals surface area (Å²) in [5, 5.41) is 14.2. The van der Waals surface area contributed by atoms with Crippen LogP contribution in [0.4, 0.5) is 5.69 Å². The normalized spacial score (nSPS) is 10.2. The van der Waals surface area contributed by atoms with Crippen LogP contribution in [0.5, 0.6) is 5.75 Å². The first-order valence-electron chi connectivity index (χ1n) is 3.89. The molecule has 1 N–H and O–H groups in total. The van der Waals surface area contributed by atoms with Crippen molar-refractivity contribution in [1.82, 2.24) is 5.53 Å². The second-order valence-electron chi connectivity index (χ2n) is 2.75. The van der Waals surface area contributed by atoms with E-state index >= 15 is 0 Å². The second-order valence-corrected chi connectivity index (χ2v) is 2.75. The van der Waals surface area contributed by atoms with E-state index in [1.54, 1.807) is 18.2 Å². The van der Waals surface area contributed by atoms with Crippen LogP contribution >= 0.6 is 0 Å². The summed E-state index contributed by atoms with van der Waals surface area (Å²) in [4.78, 5) is 0. The standard InChI is InChI=1S/C10H7N2O/c11-12-9-6-5-7-3-1-2-4-8(7)10(9)13/h1-6,13H. The molecule has 1 radical (unpaired) electrons. The maximum atomic E-state index is 9.60. The SMILES string of the molecule is [N]=Nc1ccc2ccccc2c1O. The molecule has 3 heteroatoms. The molecule has 0 spiro atoms. The predicted molar refractivity (Wildman–Crippen MR) is 49.8 cm³/mol. The molecular weight excluding hydrogens is 164 g/mol. The number of rotatable bonds is 1. The molecule has 0 aromatic heterocycles. The van der Waals surface area contributed by atoms with Gasteiger partial charge in [0.15, 0.2) is 5.75 Å². The van der Waals surface area contributed by atoms with Gasteiger partial charge in [0.25, 0.3) is 0 Å². The molecule has 0 unspecified atom stereocenters. The van der Waals surface area contributed by atoms with E-state index in [2.05, 4.69) is 5.11 Å². The minimum absolute atomic E-state index is 0.0144. The Morgan fingerprint density at radius 1 is 1.08 bits per heavy atom. The van der Waals surface area contributed by atoms with E-state index in [9.17, 15) is 5.11 Å². The molecule has 0 saturated carbocycles. The highest BCUT2D eigenvalue weighted by Gasteiger charge is 2.03. The summed E-state index contributed by atoms with van der Waals surface area (Å²) in [6.45, 7) is 0. The lowest BCUT2D eigenvalue weighted by Crippen LogP contribution is -1.74. The minimum Gasteiger partial charge on any atom is -0.505 e. The average molecular weight is 171 g/mol. The van der Waals surface area contributed by atoms with Gasteiger partial charge in [0.2, 0.25) is 0 Å². The van der Waals surface area contributed by atoms with Crippen LogP contribution in [0.25, 0.3) is 10.8 Å². The Kier molecular flexibility index (Phi) is 1.70. The van der Waals surface area contributed by atoms with Gasteiger partial charge in [-0.3, -0.25) is 0 Å². The minimum atomic E-state index is 0.0144. The summed E-state index contributed by atoms with van der Waals surface area (Å²) in [7, 11) is 0. The zero-order chi connectivity index (χ0) is 9.26. The van der Waals surface area contributed by atoms with Gasteiger partial charge in [0, 0.05) is 5.39 Å². The van der Waals surface area contributed by atoms with Crippen molar-refractivity contribution in [2.24, 2.45) is 5.11 Å². The first kappa shape index (κ1) is 7.73. The van der Waals surface area contributed by atoms with Crippen LogP contribution in [0.3, 0.4) is 0 Å². The Bertz CT molecular complexity index is 465. The highest BCUT2D eigenvalue weighted by atomic mass is 16.3. The molecule has 2 aromatic rings. The lowest BCUT2D eigenvalue weighted by atomic mass is 10.1. The lowest BCUT2D eigenvalue weighted by Gasteiger charge is -2.01. The van der Waals surface area contributed by atoms with E-state index in [4.69, 9.17) is 5.53 Å². The Morgan fingerprint density at radius 2 is 1.85 bits per heavy atom. The summed E-state index contributed by atoms with van der Waals surface area (Å²) < 4.78 is 0. The van der Waals surface area contributed by atoms with Gasteiger partial charge < -0.3 is 5.11 Å². The molecule has 0 aliphatic carbocycles. The van der Waals surface area contributed by atoms with Gasteiger partial charge in [-0.25, -0.2) is 0 Å². The van der Waals surface area contributed by atoms with Crippen LogP contribution in [0.15, 0.2) is 41.5 Å². The molecule has 63 valence electrons. The molecule has 13 heavy (non-hydrogen) atoms. The second kappa shape index (κ2) is 2.86. The molecule has 0 amide bonds. The maximum Gasteiger partial charge on any atom is 0.150 e. The largest absolute Gasteiger partial charge is 0.505 e. The molecule has 0 aliphatic heterocycles. The van der Waals surface area contributed by atoms with Gasteiger partial charge in [0.1, 0.15) is 5.69 Å². The van der Waals surface area contributed by atoms with Crippen LogP contribution < -0.4 is 5.53 Å². The predicted octanol–water partition coefficient (Wildman–Crippen LogP) is 2.43. The van der Waals surface area contributed by atoms with Gasteiger partial charge in [-0.2, -0.15) is 0 Å². The average Bonchev–Trinajstić information content (AvgIpc) is 2.19. The smallest absolute Gasteiger partial charge is 0.150 e. The maximum absolute atomic E-state index is 9.60. The summed E-state index contributed by atoms with van der Waals surface area (Å²) in [6, 6.07) is 10.7. The molecule has 0 atom stereocenters. The highest BCUT2D eigenvalue weighted by Crippen LogP contribution is 2.33. The third kappa shape index (κ3) is 1.14. The third-order valence-corrected chi connectivity index (χ3v) is 1.99. The molecule has 2 rings (SSSR count). The molecule has 2 aromatic carbocycles. The van der Waals surface area contributed by atoms with Gasteiger partial charge in [0.05, 0.1) is 0 Å². The van der Waals surface area contributed by atoms with Crippen molar-refractivity contribution in [2.45, 2.75) is 0 Å². The zero-order valence-corrected chi connectivity index (χ0v) is 6.81. The fraction of sp³-hybridized carbons (Fsp3) is 0. The molecule has 0 aliphatic rings. The number of nitrogens with zero attached hydrogens (tertiary/aromatic N) is 2. The van der Waals surface area contributed by atoms with Gasteiger partial charge in [-0.05, 0) is 17.0 Å². The number of hydrogen-bond donors (Lipinski definition) is 1. The Morgan fingerprint density at radius 3 is 2.62 bits per heavy atom. The van der Waals surface area contributed by atoms with Crippen LogP contribution in [-0.4, -0.2) is 5.11 Å². The van der Waals surface area contributed by atoms with E-state index in [-0.39, 0.29) is 11.4 Å². The zero-order valence-electron chi connectivity index (χ0n) is 6.81. The first-order valence-corrected chi connectivity index (χ1v) is 3.89. The van der Waals surface area contributed by atoms with Crippen molar-refractivity contribution in [1.29, 1.82) is 0 Å². The Hall–Kier alpha value is -1.90. The number of fused-ring (bicyclic) bond motifs is 1. The van der Waals surface area contributed by atoms with Crippen molar-refractivity contribution in [3.05, 3.63) is 36.4 Å². The van der Waals surface area contributed by atoms with E-state index in [0.717, 1.165) is 5.39 Å². The molecular formula is C10H7N2O. The first-order chi connectivity index (χ1) is 6.33. The Balaban J connectivity index is 2.86. The summed E-state index contributed by atoms with van der Waals surface area (Å²) in [5.41, 5.74) is 8.74. The number of phenols is 1. The van der Waals surface area contributed by atoms with Gasteiger partial charge >= 0.3 is 0 Å². The van der Waals surface area contributed by atoms with Crippen molar-refractivity contribution in [3.63, 3.8) is 0 Å². The lowest BCUT2D eigenvalue weighted by molar-refractivity contribution is 0.482. The van der Waals surface area contributed by atoms with Gasteiger partial charge in [-0.1, -0.05) is 30.3 Å². The van der Waals surface area contributed by atoms with Crippen molar-refractivity contribution < 1.29 is 5.11 Å². The number of phenolic OH excluding ortho intramolecular Hbond substituents is 1. The fourth-order valence-electron chi connectivity index (χ4n) is 1.32. The molecule has 0 heterocycles. The fourth-order valence-corrected chi connectivity index (χ4v) is 1.32. The van der Waals surface area contributed by atoms with E-state index in [1.165, 1.54) is 0 Å². The number of hydrogen-bond acceptors (Lipinski definition) is 2. The molecule has 0 fully saturated rings. The van der Waals surface area contributed by atoms with Gasteiger partial charge in [-0.15, -0.1) is 5.11 Å². The van der Waals surface area contributed by atoms with Crippen molar-refractivity contribution >= 4 is 16.5 Å². The summed E-state index contributed by atoms with van der Waals surface area (Å²) in [6.07, 6.45) is 0. The number of benzene rings is 2. The highest BCUT2D eigenvalue weighted by molar-refractivity contribution is 5.92. The topological polar surface area (TPSA) is 54.9 Å². The number of aromatic hydroxyl groups is 1. The summed E-state index contributed by atoms with van der Waals surface area (Å²) >= 11 is 0. The quantitative estimate of drug-likeness (QED) is 0.658. The van der Waals surface area contributed by atoms with E-state index < -0.39 is 0 Å². The van der Waals surface area contributed by atoms with E-state index in [0.29, 0.717) is 5.39 Å². The third-order valence-electron chi connectivity index (χ3n) is 1.99. The van der Waals surface area contributed by atoms with Crippen molar-refractivity contribution in [3.8, 4) is 5.75 Å². The van der Waals surface area contributed by atoms with Crippen LogP contribution in [0.2, 0.25) is 0 Å². The summed E-state index contributed by atoms with van der Waals surface area (Å²) in [5.74, 6) is 0.0144. The Labute approximate surface area is 75.1 Å². The molecule has 3 nitrogen and oxygen atoms in total. The molecule has 0 saturated heterocycles. The molecule has 0 bridgehead atoms. The van der Waals surface area contributed by atoms with Crippen LogP contribution in [0.1, 0.15) is 0 Å².